The van der Waals surface area contributed by atoms with Crippen molar-refractivity contribution in [3.05, 3.63) is 70.1 Å². The summed E-state index contributed by atoms with van der Waals surface area (Å²) in [6, 6.07) is 15.3. The molecule has 0 aliphatic carbocycles. The zero-order valence-electron chi connectivity index (χ0n) is 9.65. The van der Waals surface area contributed by atoms with Crippen molar-refractivity contribution in [2.45, 2.75) is 12.5 Å². The highest BCUT2D eigenvalue weighted by molar-refractivity contribution is 5.46. The summed E-state index contributed by atoms with van der Waals surface area (Å²) in [5, 5.41) is 3.88. The van der Waals surface area contributed by atoms with Crippen molar-refractivity contribution in [2.24, 2.45) is 5.11 Å². The molecule has 0 saturated heterocycles. The molecule has 1 aliphatic heterocycles. The molecule has 18 heavy (non-hydrogen) atoms. The Bertz CT molecular complexity index is 632. The van der Waals surface area contributed by atoms with Gasteiger partial charge in [0, 0.05) is 10.5 Å². The van der Waals surface area contributed by atoms with Crippen molar-refractivity contribution in [3.63, 3.8) is 0 Å². The first kappa shape index (κ1) is 10.7. The Hall–Kier alpha value is -2.45. The lowest BCUT2D eigenvalue weighted by Crippen LogP contribution is -1.97. The maximum absolute atomic E-state index is 8.70. The average Bonchev–Trinajstić information content (AvgIpc) is 2.56. The van der Waals surface area contributed by atoms with Crippen LogP contribution in [0, 0.1) is 0 Å². The third kappa shape index (κ3) is 1.79. The van der Waals surface area contributed by atoms with E-state index in [0.29, 0.717) is 6.42 Å². The Morgan fingerprint density at radius 2 is 1.78 bits per heavy atom. The topological polar surface area (TPSA) is 58.0 Å². The van der Waals surface area contributed by atoms with Crippen molar-refractivity contribution in [1.29, 1.82) is 0 Å². The molecular weight excluding hydrogens is 226 g/mol. The molecule has 0 aromatic heterocycles. The maximum Gasteiger partial charge on any atom is 0.131 e. The Morgan fingerprint density at radius 3 is 2.61 bits per heavy atom. The molecule has 0 bridgehead atoms. The third-order valence-corrected chi connectivity index (χ3v) is 3.07. The van der Waals surface area contributed by atoms with E-state index < -0.39 is 0 Å². The van der Waals surface area contributed by atoms with Gasteiger partial charge in [-0.05, 0) is 29.6 Å². The summed E-state index contributed by atoms with van der Waals surface area (Å²) < 4.78 is 5.90. The van der Waals surface area contributed by atoms with E-state index >= 15 is 0 Å². The van der Waals surface area contributed by atoms with Gasteiger partial charge in [-0.15, -0.1) is 0 Å². The first-order valence-corrected chi connectivity index (χ1v) is 5.77. The highest BCUT2D eigenvalue weighted by atomic mass is 16.5. The molecule has 3 rings (SSSR count). The lowest BCUT2D eigenvalue weighted by Gasteiger charge is -2.10. The van der Waals surface area contributed by atoms with Gasteiger partial charge >= 0.3 is 0 Å². The first-order valence-electron chi connectivity index (χ1n) is 5.77. The van der Waals surface area contributed by atoms with Crippen molar-refractivity contribution in [2.75, 3.05) is 0 Å². The largest absolute Gasteiger partial charge is 0.457 e. The van der Waals surface area contributed by atoms with E-state index in [0.717, 1.165) is 22.6 Å². The van der Waals surface area contributed by atoms with Crippen LogP contribution in [0.1, 0.15) is 17.2 Å². The smallest absolute Gasteiger partial charge is 0.131 e. The number of hydrogen-bond acceptors (Lipinski definition) is 2. The Balaban J connectivity index is 2.17. The number of nitrogens with zero attached hydrogens (tertiary/aromatic N) is 3. The molecule has 4 heteroatoms. The zero-order valence-corrected chi connectivity index (χ0v) is 9.65. The number of ether oxygens (including phenoxy) is 1. The van der Waals surface area contributed by atoms with Crippen molar-refractivity contribution in [1.82, 2.24) is 0 Å². The van der Waals surface area contributed by atoms with E-state index in [-0.39, 0.29) is 6.04 Å². The number of benzene rings is 2. The van der Waals surface area contributed by atoms with E-state index in [9.17, 15) is 0 Å². The van der Waals surface area contributed by atoms with Gasteiger partial charge in [0.15, 0.2) is 0 Å². The van der Waals surface area contributed by atoms with E-state index in [1.807, 2.05) is 48.5 Å². The summed E-state index contributed by atoms with van der Waals surface area (Å²) in [6.45, 7) is 0. The quantitative estimate of drug-likeness (QED) is 0.412. The second-order valence-electron chi connectivity index (χ2n) is 4.17. The summed E-state index contributed by atoms with van der Waals surface area (Å²) >= 11 is 0. The highest BCUT2D eigenvalue weighted by Crippen LogP contribution is 2.39. The zero-order chi connectivity index (χ0) is 12.4. The number of hydrogen-bond donors (Lipinski definition) is 0. The number of azide groups is 1. The van der Waals surface area contributed by atoms with Crippen LogP contribution >= 0.6 is 0 Å². The molecule has 0 fully saturated rings. The Kier molecular flexibility index (Phi) is 2.63. The Labute approximate surface area is 104 Å². The van der Waals surface area contributed by atoms with E-state index in [1.54, 1.807) is 0 Å². The fourth-order valence-electron chi connectivity index (χ4n) is 2.22. The van der Waals surface area contributed by atoms with Crippen LogP contribution in [0.5, 0.6) is 11.5 Å². The van der Waals surface area contributed by atoms with Crippen LogP contribution in [0.3, 0.4) is 0 Å². The van der Waals surface area contributed by atoms with E-state index in [2.05, 4.69) is 10.0 Å². The summed E-state index contributed by atoms with van der Waals surface area (Å²) in [6.07, 6.45) is 0.664. The van der Waals surface area contributed by atoms with Crippen LogP contribution in [0.25, 0.3) is 10.4 Å². The lowest BCUT2D eigenvalue weighted by molar-refractivity contribution is 0.478. The van der Waals surface area contributed by atoms with Gasteiger partial charge < -0.3 is 4.74 Å². The second kappa shape index (κ2) is 4.43. The van der Waals surface area contributed by atoms with Crippen molar-refractivity contribution < 1.29 is 4.74 Å². The van der Waals surface area contributed by atoms with Crippen LogP contribution in [-0.2, 0) is 6.42 Å². The monoisotopic (exact) mass is 237 g/mol. The van der Waals surface area contributed by atoms with Gasteiger partial charge in [-0.25, -0.2) is 0 Å². The van der Waals surface area contributed by atoms with Gasteiger partial charge in [-0.3, -0.25) is 0 Å². The molecule has 0 amide bonds. The molecule has 0 spiro atoms. The minimum absolute atomic E-state index is 0.213. The van der Waals surface area contributed by atoms with Gasteiger partial charge in [0.25, 0.3) is 0 Å². The summed E-state index contributed by atoms with van der Waals surface area (Å²) in [5.74, 6) is 1.60. The predicted octanol–water partition coefficient (Wildman–Crippen LogP) is 4.39. The van der Waals surface area contributed by atoms with Gasteiger partial charge in [0.05, 0.1) is 6.04 Å². The average molecular weight is 237 g/mol. The molecule has 0 N–H and O–H groups in total. The molecule has 1 atom stereocenters. The van der Waals surface area contributed by atoms with Gasteiger partial charge in [-0.2, -0.15) is 0 Å². The van der Waals surface area contributed by atoms with Crippen molar-refractivity contribution in [3.8, 4) is 11.5 Å². The number of para-hydroxylation sites is 2. The van der Waals surface area contributed by atoms with Gasteiger partial charge in [0.2, 0.25) is 0 Å². The first-order chi connectivity index (χ1) is 8.88. The molecular formula is C14H11N3O. The fourth-order valence-corrected chi connectivity index (χ4v) is 2.22. The fraction of sp³-hybridized carbons (Fsp3) is 0.143. The van der Waals surface area contributed by atoms with Crippen LogP contribution in [-0.4, -0.2) is 0 Å². The SMILES string of the molecule is [N-]=[N+]=NC1Cc2ccccc2Oc2ccccc21. The minimum atomic E-state index is -0.213. The highest BCUT2D eigenvalue weighted by Gasteiger charge is 2.21. The predicted molar refractivity (Wildman–Crippen MR) is 68.5 cm³/mol. The summed E-state index contributed by atoms with van der Waals surface area (Å²) in [5.41, 5.74) is 10.7. The normalized spacial score (nSPS) is 16.6. The van der Waals surface area contributed by atoms with E-state index in [4.69, 9.17) is 10.3 Å². The number of fused-ring (bicyclic) bond motifs is 2. The summed E-state index contributed by atoms with van der Waals surface area (Å²) in [4.78, 5) is 2.94. The molecule has 0 saturated carbocycles. The maximum atomic E-state index is 8.70. The standard InChI is InChI=1S/C14H11N3O/c15-17-16-12-9-10-5-1-3-7-13(10)18-14-8-4-2-6-11(12)14/h1-8,12H,9H2. The third-order valence-electron chi connectivity index (χ3n) is 3.07. The molecule has 1 unspecified atom stereocenters. The molecule has 2 aromatic rings. The number of rotatable bonds is 1. The molecule has 1 aliphatic rings. The van der Waals surface area contributed by atoms with Crippen LogP contribution < -0.4 is 4.74 Å². The van der Waals surface area contributed by atoms with Gasteiger partial charge in [-0.1, -0.05) is 41.5 Å². The molecule has 4 nitrogen and oxygen atoms in total. The van der Waals surface area contributed by atoms with E-state index in [1.165, 1.54) is 0 Å². The summed E-state index contributed by atoms with van der Waals surface area (Å²) in [7, 11) is 0. The van der Waals surface area contributed by atoms with Crippen LogP contribution in [0.4, 0.5) is 0 Å². The molecule has 1 heterocycles. The van der Waals surface area contributed by atoms with Crippen LogP contribution in [0.2, 0.25) is 0 Å². The van der Waals surface area contributed by atoms with Crippen molar-refractivity contribution >= 4 is 0 Å². The second-order valence-corrected chi connectivity index (χ2v) is 4.17. The lowest BCUT2D eigenvalue weighted by atomic mass is 10.00. The molecule has 2 aromatic carbocycles. The minimum Gasteiger partial charge on any atom is -0.457 e. The van der Waals surface area contributed by atoms with Crippen LogP contribution in [0.15, 0.2) is 53.6 Å². The molecule has 88 valence electrons. The Morgan fingerprint density at radius 1 is 1.06 bits per heavy atom. The molecule has 0 radical (unpaired) electrons. The van der Waals surface area contributed by atoms with Gasteiger partial charge in [0.1, 0.15) is 11.5 Å².